The molecule has 0 aliphatic carbocycles. The molecule has 0 amide bonds. The van der Waals surface area contributed by atoms with Crippen molar-refractivity contribution in [2.45, 2.75) is 6.42 Å². The second-order valence-corrected chi connectivity index (χ2v) is 3.89. The number of furan rings is 1. The number of pyridine rings is 1. The molecule has 80 valence electrons. The van der Waals surface area contributed by atoms with E-state index in [0.29, 0.717) is 11.6 Å². The lowest BCUT2D eigenvalue weighted by molar-refractivity contribution is 0.516. The van der Waals surface area contributed by atoms with Gasteiger partial charge in [0.05, 0.1) is 18.2 Å². The highest BCUT2D eigenvalue weighted by molar-refractivity contribution is 6.32. The summed E-state index contributed by atoms with van der Waals surface area (Å²) in [4.78, 5) is 4.33. The molecule has 0 saturated heterocycles. The molecule has 3 aromatic heterocycles. The van der Waals surface area contributed by atoms with Crippen molar-refractivity contribution in [3.63, 3.8) is 0 Å². The van der Waals surface area contributed by atoms with Crippen LogP contribution in [-0.4, -0.2) is 9.38 Å². The minimum atomic E-state index is 0.530. The zero-order valence-electron chi connectivity index (χ0n) is 8.43. The Hall–Kier alpha value is -1.74. The highest BCUT2D eigenvalue weighted by Gasteiger charge is 2.09. The lowest BCUT2D eigenvalue weighted by Gasteiger charge is -1.97. The molecule has 3 heterocycles. The van der Waals surface area contributed by atoms with Crippen molar-refractivity contribution >= 4 is 17.1 Å². The van der Waals surface area contributed by atoms with Crippen LogP contribution in [0, 0.1) is 0 Å². The standard InChI is InChI=1S/C12H9ClN2O/c13-12-10-5-1-2-6-15(10)11(14-12)8-9-4-3-7-16-9/h1-7H,8H2. The molecule has 0 bridgehead atoms. The summed E-state index contributed by atoms with van der Waals surface area (Å²) in [5, 5.41) is 0.530. The van der Waals surface area contributed by atoms with Crippen LogP contribution in [0.3, 0.4) is 0 Å². The van der Waals surface area contributed by atoms with Crippen LogP contribution >= 0.6 is 11.6 Å². The molecule has 3 nitrogen and oxygen atoms in total. The van der Waals surface area contributed by atoms with Crippen LogP contribution in [0.1, 0.15) is 11.6 Å². The smallest absolute Gasteiger partial charge is 0.155 e. The summed E-state index contributed by atoms with van der Waals surface area (Å²) in [5.74, 6) is 1.77. The number of hydrogen-bond donors (Lipinski definition) is 0. The van der Waals surface area contributed by atoms with E-state index in [2.05, 4.69) is 4.98 Å². The Balaban J connectivity index is 2.10. The first-order valence-electron chi connectivity index (χ1n) is 4.98. The van der Waals surface area contributed by atoms with Gasteiger partial charge in [0.25, 0.3) is 0 Å². The van der Waals surface area contributed by atoms with E-state index in [4.69, 9.17) is 16.0 Å². The Morgan fingerprint density at radius 1 is 1.25 bits per heavy atom. The predicted octanol–water partition coefficient (Wildman–Crippen LogP) is 3.17. The predicted molar refractivity (Wildman–Crippen MR) is 61.7 cm³/mol. The van der Waals surface area contributed by atoms with Crippen LogP contribution in [0.5, 0.6) is 0 Å². The van der Waals surface area contributed by atoms with Crippen LogP contribution in [0.15, 0.2) is 47.2 Å². The topological polar surface area (TPSA) is 30.4 Å². The molecule has 0 unspecified atom stereocenters. The van der Waals surface area contributed by atoms with Gasteiger partial charge < -0.3 is 8.82 Å². The third-order valence-corrected chi connectivity index (χ3v) is 2.77. The van der Waals surface area contributed by atoms with Gasteiger partial charge in [0.15, 0.2) is 5.15 Å². The molecule has 0 atom stereocenters. The summed E-state index contributed by atoms with van der Waals surface area (Å²) in [6.45, 7) is 0. The summed E-state index contributed by atoms with van der Waals surface area (Å²) in [5.41, 5.74) is 0.922. The zero-order chi connectivity index (χ0) is 11.0. The largest absolute Gasteiger partial charge is 0.469 e. The average Bonchev–Trinajstić information content (AvgIpc) is 2.90. The Kier molecular flexibility index (Phi) is 2.18. The Morgan fingerprint density at radius 2 is 2.19 bits per heavy atom. The molecule has 3 rings (SSSR count). The van der Waals surface area contributed by atoms with E-state index in [0.717, 1.165) is 17.1 Å². The molecule has 0 N–H and O–H groups in total. The zero-order valence-corrected chi connectivity index (χ0v) is 9.19. The Morgan fingerprint density at radius 3 is 3.00 bits per heavy atom. The minimum Gasteiger partial charge on any atom is -0.469 e. The molecule has 0 spiro atoms. The summed E-state index contributed by atoms with van der Waals surface area (Å²) < 4.78 is 7.28. The fourth-order valence-corrected chi connectivity index (χ4v) is 2.01. The Bertz CT molecular complexity index is 613. The van der Waals surface area contributed by atoms with E-state index in [-0.39, 0.29) is 0 Å². The quantitative estimate of drug-likeness (QED) is 0.679. The fourth-order valence-electron chi connectivity index (χ4n) is 1.75. The second-order valence-electron chi connectivity index (χ2n) is 3.53. The second kappa shape index (κ2) is 3.68. The highest BCUT2D eigenvalue weighted by Crippen LogP contribution is 2.19. The SMILES string of the molecule is Clc1nc(Cc2ccco2)n2ccccc12. The molecule has 0 aliphatic rings. The molecule has 3 aromatic rings. The van der Waals surface area contributed by atoms with Gasteiger partial charge in [0.2, 0.25) is 0 Å². The maximum absolute atomic E-state index is 6.06. The van der Waals surface area contributed by atoms with Crippen LogP contribution < -0.4 is 0 Å². The third kappa shape index (κ3) is 1.49. The highest BCUT2D eigenvalue weighted by atomic mass is 35.5. The van der Waals surface area contributed by atoms with Crippen molar-refractivity contribution in [1.82, 2.24) is 9.38 Å². The summed E-state index contributed by atoms with van der Waals surface area (Å²) >= 11 is 6.06. The number of fused-ring (bicyclic) bond motifs is 1. The van der Waals surface area contributed by atoms with E-state index in [1.807, 2.05) is 40.9 Å². The monoisotopic (exact) mass is 232 g/mol. The van der Waals surface area contributed by atoms with Gasteiger partial charge in [-0.1, -0.05) is 17.7 Å². The van der Waals surface area contributed by atoms with Crippen LogP contribution in [0.2, 0.25) is 5.15 Å². The lowest BCUT2D eigenvalue weighted by Crippen LogP contribution is -1.94. The number of nitrogens with zero attached hydrogens (tertiary/aromatic N) is 2. The molecule has 0 aromatic carbocycles. The van der Waals surface area contributed by atoms with Gasteiger partial charge >= 0.3 is 0 Å². The first-order valence-corrected chi connectivity index (χ1v) is 5.36. The van der Waals surface area contributed by atoms with Gasteiger partial charge in [0.1, 0.15) is 11.6 Å². The number of imidazole rings is 1. The van der Waals surface area contributed by atoms with Gasteiger partial charge in [0, 0.05) is 6.20 Å². The van der Waals surface area contributed by atoms with E-state index < -0.39 is 0 Å². The van der Waals surface area contributed by atoms with E-state index in [1.54, 1.807) is 6.26 Å². The van der Waals surface area contributed by atoms with E-state index in [1.165, 1.54) is 0 Å². The van der Waals surface area contributed by atoms with Crippen molar-refractivity contribution in [2.24, 2.45) is 0 Å². The van der Waals surface area contributed by atoms with E-state index in [9.17, 15) is 0 Å². The number of aromatic nitrogens is 2. The molecule has 4 heteroatoms. The van der Waals surface area contributed by atoms with Gasteiger partial charge in [-0.05, 0) is 24.3 Å². The van der Waals surface area contributed by atoms with Crippen LogP contribution in [-0.2, 0) is 6.42 Å². The number of hydrogen-bond acceptors (Lipinski definition) is 2. The van der Waals surface area contributed by atoms with Crippen LogP contribution in [0.4, 0.5) is 0 Å². The number of halogens is 1. The van der Waals surface area contributed by atoms with Crippen LogP contribution in [0.25, 0.3) is 5.52 Å². The molecule has 16 heavy (non-hydrogen) atoms. The van der Waals surface area contributed by atoms with Crippen molar-refractivity contribution in [2.75, 3.05) is 0 Å². The number of rotatable bonds is 2. The lowest BCUT2D eigenvalue weighted by atomic mass is 10.3. The molecular formula is C12H9ClN2O. The summed E-state index contributed by atoms with van der Waals surface area (Å²) in [6.07, 6.45) is 4.25. The molecular weight excluding hydrogens is 224 g/mol. The molecule has 0 fully saturated rings. The maximum Gasteiger partial charge on any atom is 0.155 e. The Labute approximate surface area is 97.3 Å². The normalized spacial score (nSPS) is 11.1. The van der Waals surface area contributed by atoms with Crippen molar-refractivity contribution < 1.29 is 4.42 Å². The first kappa shape index (κ1) is 9.48. The van der Waals surface area contributed by atoms with Gasteiger partial charge in [-0.25, -0.2) is 4.98 Å². The van der Waals surface area contributed by atoms with Gasteiger partial charge in [-0.3, -0.25) is 0 Å². The van der Waals surface area contributed by atoms with Gasteiger partial charge in [-0.2, -0.15) is 0 Å². The summed E-state index contributed by atoms with van der Waals surface area (Å²) in [7, 11) is 0. The minimum absolute atomic E-state index is 0.530. The van der Waals surface area contributed by atoms with Crippen molar-refractivity contribution in [3.8, 4) is 0 Å². The third-order valence-electron chi connectivity index (χ3n) is 2.49. The van der Waals surface area contributed by atoms with Crippen molar-refractivity contribution in [1.29, 1.82) is 0 Å². The first-order chi connectivity index (χ1) is 7.84. The average molecular weight is 233 g/mol. The summed E-state index contributed by atoms with van der Waals surface area (Å²) in [6, 6.07) is 9.64. The molecule has 0 radical (unpaired) electrons. The van der Waals surface area contributed by atoms with Gasteiger partial charge in [-0.15, -0.1) is 0 Å². The maximum atomic E-state index is 6.06. The fraction of sp³-hybridized carbons (Fsp3) is 0.0833. The molecule has 0 aliphatic heterocycles. The van der Waals surface area contributed by atoms with E-state index >= 15 is 0 Å². The molecule has 0 saturated carbocycles. The van der Waals surface area contributed by atoms with Crippen molar-refractivity contribution in [3.05, 3.63) is 59.5 Å².